The number of fused-ring (bicyclic) bond motifs is 4. The van der Waals surface area contributed by atoms with Crippen LogP contribution in [0.25, 0.3) is 32.9 Å². The van der Waals surface area contributed by atoms with Gasteiger partial charge in [-0.05, 0) is 94.5 Å². The number of aryl methyl sites for hydroxylation is 5. The van der Waals surface area contributed by atoms with E-state index in [1.807, 2.05) is 81.9 Å². The molecule has 12 nitrogen and oxygen atoms in total. The van der Waals surface area contributed by atoms with Crippen molar-refractivity contribution in [3.8, 4) is 16.9 Å². The Morgan fingerprint density at radius 2 is 1.75 bits per heavy atom. The van der Waals surface area contributed by atoms with E-state index in [2.05, 4.69) is 11.5 Å². The molecule has 0 saturated heterocycles. The number of hydrogen-bond donors (Lipinski definition) is 4. The van der Waals surface area contributed by atoms with Crippen molar-refractivity contribution >= 4 is 68.6 Å². The molecule has 0 aliphatic carbocycles. The molecule has 0 bridgehead atoms. The van der Waals surface area contributed by atoms with Gasteiger partial charge in [0.05, 0.1) is 58.2 Å². The van der Waals surface area contributed by atoms with Crippen molar-refractivity contribution in [1.29, 1.82) is 5.41 Å². The van der Waals surface area contributed by atoms with Crippen LogP contribution < -0.4 is 21.1 Å². The number of rotatable bonds is 11. The number of hydrogen-bond acceptors (Lipinski definition) is 8. The number of ether oxygens (including phenoxy) is 1. The number of aliphatic hydroxyl groups is 1. The maximum atomic E-state index is 15.2. The number of carbonyl (C=O) groups is 2. The van der Waals surface area contributed by atoms with E-state index in [0.717, 1.165) is 79.7 Å². The van der Waals surface area contributed by atoms with Gasteiger partial charge in [0, 0.05) is 59.4 Å². The van der Waals surface area contributed by atoms with E-state index >= 15 is 4.79 Å². The molecule has 0 radical (unpaired) electrons. The van der Waals surface area contributed by atoms with E-state index in [4.69, 9.17) is 55.0 Å². The third-order valence-corrected chi connectivity index (χ3v) is 11.5. The molecule has 1 amide bonds. The summed E-state index contributed by atoms with van der Waals surface area (Å²) in [5.74, 6) is 0.574. The minimum Gasteiger partial charge on any atom is -0.494 e. The van der Waals surface area contributed by atoms with E-state index in [0.29, 0.717) is 53.6 Å². The predicted molar refractivity (Wildman–Crippen MR) is 225 cm³/mol. The summed E-state index contributed by atoms with van der Waals surface area (Å²) in [5.41, 5.74) is 21.3. The number of halogens is 2. The lowest BCUT2D eigenvalue weighted by Crippen LogP contribution is -2.43. The number of carbonyl (C=O) groups excluding carboxylic acids is 2. The van der Waals surface area contributed by atoms with Crippen LogP contribution in [0.1, 0.15) is 68.4 Å². The Morgan fingerprint density at radius 1 is 1.05 bits per heavy atom. The lowest BCUT2D eigenvalue weighted by molar-refractivity contribution is 0.0957. The summed E-state index contributed by atoms with van der Waals surface area (Å²) in [6.07, 6.45) is 0.955. The zero-order valence-electron chi connectivity index (χ0n) is 32.7. The van der Waals surface area contributed by atoms with Gasteiger partial charge in [-0.2, -0.15) is 5.10 Å². The first-order chi connectivity index (χ1) is 26.7. The summed E-state index contributed by atoms with van der Waals surface area (Å²) in [6.45, 7) is 10.8. The molecule has 0 spiro atoms. The van der Waals surface area contributed by atoms with Crippen molar-refractivity contribution in [3.05, 3.63) is 98.0 Å². The van der Waals surface area contributed by atoms with Crippen molar-refractivity contribution in [2.75, 3.05) is 25.2 Å². The number of amides is 1. The number of aromatic nitrogens is 4. The Labute approximate surface area is 336 Å². The van der Waals surface area contributed by atoms with Crippen molar-refractivity contribution in [2.45, 2.75) is 66.2 Å². The maximum absolute atomic E-state index is 15.2. The van der Waals surface area contributed by atoms with E-state index < -0.39 is 6.17 Å². The topological polar surface area (TPSA) is 170 Å². The highest BCUT2D eigenvalue weighted by Gasteiger charge is 2.37. The highest BCUT2D eigenvalue weighted by Crippen LogP contribution is 2.45. The lowest BCUT2D eigenvalue weighted by Gasteiger charge is -2.35. The van der Waals surface area contributed by atoms with Crippen LogP contribution in [0.2, 0.25) is 10.0 Å². The number of nitrogens with one attached hydrogen (secondary N) is 1. The highest BCUT2D eigenvalue weighted by molar-refractivity contribution is 6.35. The molecule has 1 aliphatic heterocycles. The SMILES string of the molecule is CO.Cc1cc(OCCCc2c3n(c4c(-c5c(C)nn(C)c5C)c(Cl)ccc24)[C@H](C)CN(c2cccc4cc(C=O)n(CC(=N)C(N)N)c24)C3=O)cc(C)c1Cl. The molecular formula is C42H48Cl2N8O4. The van der Waals surface area contributed by atoms with Gasteiger partial charge in [0.1, 0.15) is 11.4 Å². The van der Waals surface area contributed by atoms with Crippen molar-refractivity contribution in [3.63, 3.8) is 0 Å². The number of para-hydroxylation sites is 1. The lowest BCUT2D eigenvalue weighted by atomic mass is 9.98. The number of aldehydes is 1. The average Bonchev–Trinajstić information content (AvgIpc) is 3.79. The van der Waals surface area contributed by atoms with Gasteiger partial charge in [0.2, 0.25) is 0 Å². The molecule has 4 heterocycles. The summed E-state index contributed by atoms with van der Waals surface area (Å²) in [7, 11) is 2.92. The summed E-state index contributed by atoms with van der Waals surface area (Å²) in [6, 6.07) is 15.0. The Morgan fingerprint density at radius 3 is 2.38 bits per heavy atom. The van der Waals surface area contributed by atoms with Crippen LogP contribution in [0.3, 0.4) is 0 Å². The van der Waals surface area contributed by atoms with Crippen LogP contribution in [-0.4, -0.2) is 68.4 Å². The maximum Gasteiger partial charge on any atom is 0.275 e. The Hall–Kier alpha value is -4.98. The molecule has 56 heavy (non-hydrogen) atoms. The normalized spacial score (nSPS) is 14.1. The van der Waals surface area contributed by atoms with Gasteiger partial charge >= 0.3 is 0 Å². The highest BCUT2D eigenvalue weighted by atomic mass is 35.5. The largest absolute Gasteiger partial charge is 0.494 e. The first kappa shape index (κ1) is 40.7. The molecular weight excluding hydrogens is 751 g/mol. The number of nitrogens with zero attached hydrogens (tertiary/aromatic N) is 5. The molecule has 1 atom stereocenters. The molecule has 14 heteroatoms. The van der Waals surface area contributed by atoms with Crippen LogP contribution in [0.5, 0.6) is 5.75 Å². The number of aliphatic hydroxyl groups excluding tert-OH is 1. The fourth-order valence-corrected chi connectivity index (χ4v) is 8.38. The van der Waals surface area contributed by atoms with Crippen molar-refractivity contribution in [2.24, 2.45) is 18.5 Å². The zero-order chi connectivity index (χ0) is 40.7. The van der Waals surface area contributed by atoms with Gasteiger partial charge in [-0.3, -0.25) is 14.3 Å². The molecule has 0 unspecified atom stereocenters. The molecule has 3 aromatic carbocycles. The van der Waals surface area contributed by atoms with Gasteiger partial charge in [-0.15, -0.1) is 0 Å². The Kier molecular flexibility index (Phi) is 11.8. The van der Waals surface area contributed by atoms with E-state index in [9.17, 15) is 4.79 Å². The van der Waals surface area contributed by atoms with Gasteiger partial charge < -0.3 is 40.8 Å². The first-order valence-corrected chi connectivity index (χ1v) is 19.2. The van der Waals surface area contributed by atoms with Crippen molar-refractivity contribution in [1.82, 2.24) is 18.9 Å². The summed E-state index contributed by atoms with van der Waals surface area (Å²) in [5, 5.41) is 23.2. The second-order valence-electron chi connectivity index (χ2n) is 14.3. The standard InChI is InChI=1S/C41H44Cl2N8O3.CH4O/c1-21-15-28(16-22(2)36(21)43)54-14-8-10-29-30-12-13-31(42)35(34-24(4)47-48(6)25(34)5)38(30)51-23(3)18-50(41(53)39(29)51)33-11-7-9-26-17-27(20-52)49(37(26)33)19-32(44)40(45)46;1-2/h7,9,11-13,15-17,20,23,40,44H,8,10,14,18-19,45-46H2,1-6H3;2H,1H3/t23-;/m1./s1. The molecule has 3 aromatic heterocycles. The smallest absolute Gasteiger partial charge is 0.275 e. The van der Waals surface area contributed by atoms with Crippen LogP contribution in [0, 0.1) is 33.1 Å². The zero-order valence-corrected chi connectivity index (χ0v) is 34.2. The molecule has 1 aliphatic rings. The molecule has 6 N–H and O–H groups in total. The number of anilines is 1. The number of nitrogens with two attached hydrogens (primary N) is 2. The molecule has 294 valence electrons. The monoisotopic (exact) mass is 798 g/mol. The van der Waals surface area contributed by atoms with Crippen LogP contribution in [0.15, 0.2) is 48.5 Å². The fraction of sp³-hybridized carbons (Fsp3) is 0.333. The fourth-order valence-electron chi connectivity index (χ4n) is 8.02. The average molecular weight is 800 g/mol. The third-order valence-electron chi connectivity index (χ3n) is 10.6. The Bertz CT molecular complexity index is 2490. The van der Waals surface area contributed by atoms with E-state index in [1.54, 1.807) is 15.5 Å². The van der Waals surface area contributed by atoms with Gasteiger partial charge in [0.15, 0.2) is 6.29 Å². The predicted octanol–water partition coefficient (Wildman–Crippen LogP) is 7.45. The van der Waals surface area contributed by atoms with Crippen LogP contribution >= 0.6 is 23.2 Å². The van der Waals surface area contributed by atoms with Gasteiger partial charge in [-0.1, -0.05) is 41.4 Å². The van der Waals surface area contributed by atoms with Crippen LogP contribution in [-0.2, 0) is 20.0 Å². The molecule has 0 saturated carbocycles. The quantitative estimate of drug-likeness (QED) is 0.0456. The molecule has 6 aromatic rings. The minimum absolute atomic E-state index is 0.00763. The van der Waals surface area contributed by atoms with Crippen molar-refractivity contribution < 1.29 is 19.4 Å². The van der Waals surface area contributed by atoms with Gasteiger partial charge in [-0.25, -0.2) is 0 Å². The van der Waals surface area contributed by atoms with E-state index in [1.165, 1.54) is 0 Å². The summed E-state index contributed by atoms with van der Waals surface area (Å²) in [4.78, 5) is 29.3. The van der Waals surface area contributed by atoms with Crippen LogP contribution in [0.4, 0.5) is 5.69 Å². The molecule has 0 fully saturated rings. The minimum atomic E-state index is -0.992. The summed E-state index contributed by atoms with van der Waals surface area (Å²) < 4.78 is 12.0. The first-order valence-electron chi connectivity index (χ1n) is 18.4. The van der Waals surface area contributed by atoms with Gasteiger partial charge in [0.25, 0.3) is 5.91 Å². The molecule has 7 rings (SSSR count). The summed E-state index contributed by atoms with van der Waals surface area (Å²) >= 11 is 13.5. The van der Waals surface area contributed by atoms with E-state index in [-0.39, 0.29) is 24.2 Å². The second-order valence-corrected chi connectivity index (χ2v) is 15.1. The Balaban J connectivity index is 0.00000262. The third kappa shape index (κ3) is 7.01. The second kappa shape index (κ2) is 16.2. The number of benzene rings is 3.